The van der Waals surface area contributed by atoms with Crippen LogP contribution in [-0.2, 0) is 22.4 Å². The number of carbonyl (C=O) groups excluding carboxylic acids is 2. The minimum absolute atomic E-state index is 0.297. The number of ether oxygens (including phenoxy) is 1. The molecule has 0 spiro atoms. The Kier molecular flexibility index (Phi) is 6.16. The van der Waals surface area contributed by atoms with Gasteiger partial charge in [0.1, 0.15) is 5.82 Å². The van der Waals surface area contributed by atoms with Crippen LogP contribution in [0.25, 0.3) is 0 Å². The highest BCUT2D eigenvalue weighted by atomic mass is 32.1. The van der Waals surface area contributed by atoms with E-state index in [9.17, 15) is 14.0 Å². The lowest BCUT2D eigenvalue weighted by Gasteiger charge is -2.06. The summed E-state index contributed by atoms with van der Waals surface area (Å²) in [6.45, 7) is 1.88. The molecule has 122 valence electrons. The van der Waals surface area contributed by atoms with Crippen molar-refractivity contribution in [2.45, 2.75) is 19.8 Å². The van der Waals surface area contributed by atoms with E-state index >= 15 is 0 Å². The molecule has 23 heavy (non-hydrogen) atoms. The maximum absolute atomic E-state index is 12.8. The summed E-state index contributed by atoms with van der Waals surface area (Å²) in [4.78, 5) is 23.8. The number of aryl methyl sites for hydroxylation is 1. The molecule has 0 aliphatic heterocycles. The number of benzene rings is 1. The standard InChI is InChI=1S/C15H16FN3O3S/c1-2-12-14(23-19-18-12)15(21)22-9-13(20)17-8-7-10-3-5-11(16)6-4-10/h3-6H,2,7-9H2,1H3,(H,17,20). The fourth-order valence-electron chi connectivity index (χ4n) is 1.84. The molecular formula is C15H16FN3O3S. The second kappa shape index (κ2) is 8.33. The van der Waals surface area contributed by atoms with Crippen molar-refractivity contribution < 1.29 is 18.7 Å². The predicted molar refractivity (Wildman–Crippen MR) is 82.7 cm³/mol. The molecule has 8 heteroatoms. The minimum Gasteiger partial charge on any atom is -0.451 e. The van der Waals surface area contributed by atoms with E-state index in [0.29, 0.717) is 30.0 Å². The third kappa shape index (κ3) is 5.10. The first-order valence-corrected chi connectivity index (χ1v) is 7.87. The van der Waals surface area contributed by atoms with Crippen LogP contribution in [-0.4, -0.2) is 34.6 Å². The average molecular weight is 337 g/mol. The Hall–Kier alpha value is -2.35. The molecule has 0 saturated carbocycles. The second-order valence-electron chi connectivity index (χ2n) is 4.70. The van der Waals surface area contributed by atoms with Gasteiger partial charge in [-0.2, -0.15) is 0 Å². The van der Waals surface area contributed by atoms with Crippen LogP contribution in [0.1, 0.15) is 27.9 Å². The van der Waals surface area contributed by atoms with Crippen molar-refractivity contribution in [3.8, 4) is 0 Å². The summed E-state index contributed by atoms with van der Waals surface area (Å²) in [5.41, 5.74) is 1.48. The SMILES string of the molecule is CCc1nnsc1C(=O)OCC(=O)NCCc1ccc(F)cc1. The summed E-state index contributed by atoms with van der Waals surface area (Å²) < 4.78 is 21.4. The van der Waals surface area contributed by atoms with Gasteiger partial charge in [0.2, 0.25) is 0 Å². The maximum atomic E-state index is 12.8. The lowest BCUT2D eigenvalue weighted by atomic mass is 10.1. The van der Waals surface area contributed by atoms with Crippen molar-refractivity contribution in [1.29, 1.82) is 0 Å². The number of amides is 1. The molecule has 0 aliphatic rings. The first-order valence-electron chi connectivity index (χ1n) is 7.09. The van der Waals surface area contributed by atoms with Gasteiger partial charge in [0, 0.05) is 6.54 Å². The van der Waals surface area contributed by atoms with E-state index in [1.54, 1.807) is 12.1 Å². The third-order valence-corrected chi connectivity index (χ3v) is 3.81. The van der Waals surface area contributed by atoms with Crippen molar-refractivity contribution in [3.63, 3.8) is 0 Å². The normalized spacial score (nSPS) is 10.3. The predicted octanol–water partition coefficient (Wildman–Crippen LogP) is 1.76. The van der Waals surface area contributed by atoms with Crippen LogP contribution < -0.4 is 5.32 Å². The molecule has 1 aromatic heterocycles. The minimum atomic E-state index is -0.592. The Morgan fingerprint density at radius 3 is 2.74 bits per heavy atom. The van der Waals surface area contributed by atoms with Gasteiger partial charge in [0.15, 0.2) is 11.5 Å². The van der Waals surface area contributed by atoms with Crippen LogP contribution in [0.4, 0.5) is 4.39 Å². The van der Waals surface area contributed by atoms with Gasteiger partial charge in [-0.05, 0) is 42.1 Å². The molecule has 1 aromatic carbocycles. The summed E-state index contributed by atoms with van der Waals surface area (Å²) in [6.07, 6.45) is 1.14. The smallest absolute Gasteiger partial charge is 0.352 e. The molecule has 0 bridgehead atoms. The average Bonchev–Trinajstić information content (AvgIpc) is 3.03. The van der Waals surface area contributed by atoms with E-state index in [2.05, 4.69) is 14.9 Å². The van der Waals surface area contributed by atoms with Crippen LogP contribution in [0, 0.1) is 5.82 Å². The number of esters is 1. The molecule has 0 radical (unpaired) electrons. The molecule has 1 N–H and O–H groups in total. The van der Waals surface area contributed by atoms with E-state index in [0.717, 1.165) is 17.1 Å². The van der Waals surface area contributed by atoms with Gasteiger partial charge in [-0.15, -0.1) is 5.10 Å². The van der Waals surface area contributed by atoms with Crippen molar-refractivity contribution in [2.24, 2.45) is 0 Å². The van der Waals surface area contributed by atoms with Crippen molar-refractivity contribution in [1.82, 2.24) is 14.9 Å². The van der Waals surface area contributed by atoms with Gasteiger partial charge in [-0.1, -0.05) is 23.5 Å². The molecule has 0 aliphatic carbocycles. The zero-order valence-corrected chi connectivity index (χ0v) is 13.4. The molecule has 1 amide bonds. The number of carbonyl (C=O) groups is 2. The molecule has 2 rings (SSSR count). The topological polar surface area (TPSA) is 81.2 Å². The molecule has 0 fully saturated rings. The Morgan fingerprint density at radius 1 is 1.30 bits per heavy atom. The Bertz CT molecular complexity index is 673. The highest BCUT2D eigenvalue weighted by molar-refractivity contribution is 7.07. The summed E-state index contributed by atoms with van der Waals surface area (Å²) in [5.74, 6) is -1.28. The molecule has 0 saturated heterocycles. The van der Waals surface area contributed by atoms with Crippen LogP contribution in [0.15, 0.2) is 24.3 Å². The van der Waals surface area contributed by atoms with E-state index in [1.165, 1.54) is 12.1 Å². The van der Waals surface area contributed by atoms with Gasteiger partial charge in [-0.3, -0.25) is 4.79 Å². The van der Waals surface area contributed by atoms with Gasteiger partial charge in [0.05, 0.1) is 5.69 Å². The van der Waals surface area contributed by atoms with Crippen molar-refractivity contribution in [3.05, 3.63) is 46.2 Å². The maximum Gasteiger partial charge on any atom is 0.352 e. The number of hydrogen-bond acceptors (Lipinski definition) is 6. The third-order valence-electron chi connectivity index (χ3n) is 3.06. The van der Waals surface area contributed by atoms with Crippen LogP contribution in [0.2, 0.25) is 0 Å². The summed E-state index contributed by atoms with van der Waals surface area (Å²) in [5, 5.41) is 6.45. The second-order valence-corrected chi connectivity index (χ2v) is 5.46. The lowest BCUT2D eigenvalue weighted by Crippen LogP contribution is -2.30. The number of halogens is 1. The van der Waals surface area contributed by atoms with E-state index < -0.39 is 11.9 Å². The fourth-order valence-corrected chi connectivity index (χ4v) is 2.48. The molecular weight excluding hydrogens is 321 g/mol. The van der Waals surface area contributed by atoms with Crippen molar-refractivity contribution >= 4 is 23.4 Å². The molecule has 2 aromatic rings. The zero-order valence-electron chi connectivity index (χ0n) is 12.5. The Morgan fingerprint density at radius 2 is 2.04 bits per heavy atom. The summed E-state index contributed by atoms with van der Waals surface area (Å²) in [7, 11) is 0. The summed E-state index contributed by atoms with van der Waals surface area (Å²) >= 11 is 0.952. The Labute approximate surface area is 136 Å². The van der Waals surface area contributed by atoms with Gasteiger partial charge < -0.3 is 10.1 Å². The number of nitrogens with zero attached hydrogens (tertiary/aromatic N) is 2. The zero-order chi connectivity index (χ0) is 16.7. The van der Waals surface area contributed by atoms with Gasteiger partial charge in [0.25, 0.3) is 5.91 Å². The molecule has 0 atom stereocenters. The lowest BCUT2D eigenvalue weighted by molar-refractivity contribution is -0.124. The molecule has 0 unspecified atom stereocenters. The van der Waals surface area contributed by atoms with Crippen LogP contribution in [0.3, 0.4) is 0 Å². The number of aromatic nitrogens is 2. The van der Waals surface area contributed by atoms with E-state index in [4.69, 9.17) is 4.74 Å². The highest BCUT2D eigenvalue weighted by Gasteiger charge is 2.17. The van der Waals surface area contributed by atoms with Crippen LogP contribution >= 0.6 is 11.5 Å². The van der Waals surface area contributed by atoms with E-state index in [1.807, 2.05) is 6.92 Å². The summed E-state index contributed by atoms with van der Waals surface area (Å²) in [6, 6.07) is 6.05. The first-order chi connectivity index (χ1) is 11.1. The van der Waals surface area contributed by atoms with Gasteiger partial charge in [-0.25, -0.2) is 9.18 Å². The molecule has 1 heterocycles. The molecule has 6 nitrogen and oxygen atoms in total. The highest BCUT2D eigenvalue weighted by Crippen LogP contribution is 2.12. The largest absolute Gasteiger partial charge is 0.451 e. The van der Waals surface area contributed by atoms with Crippen LogP contribution in [0.5, 0.6) is 0 Å². The first kappa shape index (κ1) is 17.0. The van der Waals surface area contributed by atoms with Crippen molar-refractivity contribution in [2.75, 3.05) is 13.2 Å². The fraction of sp³-hybridized carbons (Fsp3) is 0.333. The number of rotatable bonds is 7. The Balaban J connectivity index is 1.71. The monoisotopic (exact) mass is 337 g/mol. The number of nitrogens with one attached hydrogen (secondary N) is 1. The number of hydrogen-bond donors (Lipinski definition) is 1. The van der Waals surface area contributed by atoms with Gasteiger partial charge >= 0.3 is 5.97 Å². The van der Waals surface area contributed by atoms with E-state index in [-0.39, 0.29) is 12.4 Å². The quantitative estimate of drug-likeness (QED) is 0.779.